The molecule has 0 saturated carbocycles. The molecule has 0 N–H and O–H groups in total. The number of hydrogen-bond acceptors (Lipinski definition) is 3. The van der Waals surface area contributed by atoms with E-state index in [0.717, 1.165) is 27.7 Å². The van der Waals surface area contributed by atoms with Crippen molar-refractivity contribution in [2.24, 2.45) is 0 Å². The fourth-order valence-corrected chi connectivity index (χ4v) is 2.05. The minimum Gasteiger partial charge on any atom is -0.264 e. The summed E-state index contributed by atoms with van der Waals surface area (Å²) in [5.74, 6) is 0. The Kier molecular flexibility index (Phi) is 2.68. The fraction of sp³-hybridized carbons (Fsp3) is 0.0714. The maximum Gasteiger partial charge on any atom is 0.129 e. The Bertz CT molecular complexity index is 725. The Morgan fingerprint density at radius 1 is 1.06 bits per heavy atom. The Morgan fingerprint density at radius 2 is 1.94 bits per heavy atom. The molecule has 0 saturated heterocycles. The van der Waals surface area contributed by atoms with E-state index in [1.54, 1.807) is 12.3 Å². The molecule has 18 heavy (non-hydrogen) atoms. The molecular weight excluding hydrogens is 246 g/mol. The van der Waals surface area contributed by atoms with Gasteiger partial charge in [-0.05, 0) is 36.8 Å². The zero-order valence-electron chi connectivity index (χ0n) is 9.76. The first-order valence-corrected chi connectivity index (χ1v) is 5.95. The lowest BCUT2D eigenvalue weighted by Crippen LogP contribution is -1.89. The van der Waals surface area contributed by atoms with E-state index >= 15 is 0 Å². The topological polar surface area (TPSA) is 38.7 Å². The number of fused-ring (bicyclic) bond motifs is 1. The number of hydrogen-bond donors (Lipinski definition) is 0. The summed E-state index contributed by atoms with van der Waals surface area (Å²) in [7, 11) is 0. The van der Waals surface area contributed by atoms with Crippen molar-refractivity contribution in [3.05, 3.63) is 53.6 Å². The van der Waals surface area contributed by atoms with Gasteiger partial charge in [-0.15, -0.1) is 0 Å². The fourth-order valence-electron chi connectivity index (χ4n) is 1.90. The lowest BCUT2D eigenvalue weighted by atomic mass is 10.0. The van der Waals surface area contributed by atoms with Crippen LogP contribution in [0.15, 0.2) is 42.9 Å². The lowest BCUT2D eigenvalue weighted by molar-refractivity contribution is 1.27. The van der Waals surface area contributed by atoms with Crippen LogP contribution in [0.25, 0.3) is 22.2 Å². The number of halogens is 1. The molecule has 3 heterocycles. The molecule has 88 valence electrons. The van der Waals surface area contributed by atoms with E-state index in [-0.39, 0.29) is 0 Å². The first-order chi connectivity index (χ1) is 8.74. The van der Waals surface area contributed by atoms with Crippen molar-refractivity contribution in [3.63, 3.8) is 0 Å². The van der Waals surface area contributed by atoms with Crippen molar-refractivity contribution < 1.29 is 0 Å². The van der Waals surface area contributed by atoms with Gasteiger partial charge in [0.05, 0.1) is 11.0 Å². The molecule has 0 unspecified atom stereocenters. The molecule has 0 radical (unpaired) electrons. The van der Waals surface area contributed by atoms with Gasteiger partial charge in [0.15, 0.2) is 0 Å². The maximum atomic E-state index is 5.90. The largest absolute Gasteiger partial charge is 0.264 e. The van der Waals surface area contributed by atoms with E-state index in [0.29, 0.717) is 5.15 Å². The highest BCUT2D eigenvalue weighted by molar-refractivity contribution is 6.29. The van der Waals surface area contributed by atoms with Crippen LogP contribution in [-0.2, 0) is 0 Å². The predicted molar refractivity (Wildman–Crippen MR) is 72.5 cm³/mol. The quantitative estimate of drug-likeness (QED) is 0.623. The van der Waals surface area contributed by atoms with E-state index in [1.165, 1.54) is 0 Å². The van der Waals surface area contributed by atoms with E-state index < -0.39 is 0 Å². The summed E-state index contributed by atoms with van der Waals surface area (Å²) >= 11 is 5.90. The lowest BCUT2D eigenvalue weighted by Gasteiger charge is -2.05. The van der Waals surface area contributed by atoms with Crippen LogP contribution in [0.3, 0.4) is 0 Å². The third-order valence-electron chi connectivity index (χ3n) is 2.85. The second kappa shape index (κ2) is 4.35. The summed E-state index contributed by atoms with van der Waals surface area (Å²) in [5, 5.41) is 0.476. The van der Waals surface area contributed by atoms with Crippen molar-refractivity contribution in [2.75, 3.05) is 0 Å². The normalized spacial score (nSPS) is 10.8. The van der Waals surface area contributed by atoms with E-state index in [9.17, 15) is 0 Å². The minimum absolute atomic E-state index is 0.476. The van der Waals surface area contributed by atoms with Crippen LogP contribution < -0.4 is 0 Å². The summed E-state index contributed by atoms with van der Waals surface area (Å²) in [6.45, 7) is 2.05. The van der Waals surface area contributed by atoms with Gasteiger partial charge < -0.3 is 0 Å². The predicted octanol–water partition coefficient (Wildman–Crippen LogP) is 3.65. The number of aromatic nitrogens is 3. The zero-order valence-corrected chi connectivity index (χ0v) is 10.5. The van der Waals surface area contributed by atoms with Crippen LogP contribution in [-0.4, -0.2) is 15.0 Å². The molecule has 0 aliphatic rings. The monoisotopic (exact) mass is 255 g/mol. The highest BCUT2D eigenvalue weighted by Crippen LogP contribution is 2.24. The second-order valence-electron chi connectivity index (χ2n) is 4.09. The van der Waals surface area contributed by atoms with Crippen LogP contribution >= 0.6 is 11.6 Å². The third-order valence-corrected chi connectivity index (χ3v) is 3.06. The average Bonchev–Trinajstić information content (AvgIpc) is 2.38. The first-order valence-electron chi connectivity index (χ1n) is 5.57. The first kappa shape index (κ1) is 11.1. The Morgan fingerprint density at radius 3 is 2.78 bits per heavy atom. The number of nitrogens with zero attached hydrogens (tertiary/aromatic N) is 3. The number of rotatable bonds is 1. The molecular formula is C14H10ClN3. The Hall–Kier alpha value is -2.00. The molecule has 0 aromatic carbocycles. The van der Waals surface area contributed by atoms with Gasteiger partial charge in [0.1, 0.15) is 5.15 Å². The maximum absolute atomic E-state index is 5.90. The summed E-state index contributed by atoms with van der Waals surface area (Å²) in [5.41, 5.74) is 4.86. The summed E-state index contributed by atoms with van der Waals surface area (Å²) < 4.78 is 0. The van der Waals surface area contributed by atoms with Gasteiger partial charge in [0.25, 0.3) is 0 Å². The van der Waals surface area contributed by atoms with Gasteiger partial charge in [-0.1, -0.05) is 11.6 Å². The second-order valence-corrected chi connectivity index (χ2v) is 4.47. The Labute approximate surface area is 109 Å². The smallest absolute Gasteiger partial charge is 0.129 e. The molecule has 0 aliphatic carbocycles. The van der Waals surface area contributed by atoms with Crippen LogP contribution in [0.2, 0.25) is 5.15 Å². The molecule has 3 aromatic heterocycles. The summed E-state index contributed by atoms with van der Waals surface area (Å²) in [4.78, 5) is 12.8. The van der Waals surface area contributed by atoms with E-state index in [2.05, 4.69) is 15.0 Å². The van der Waals surface area contributed by atoms with Crippen molar-refractivity contribution in [3.8, 4) is 11.1 Å². The van der Waals surface area contributed by atoms with Gasteiger partial charge in [-0.3, -0.25) is 9.97 Å². The molecule has 3 nitrogen and oxygen atoms in total. The van der Waals surface area contributed by atoms with Crippen molar-refractivity contribution in [2.45, 2.75) is 6.92 Å². The molecule has 0 bridgehead atoms. The highest BCUT2D eigenvalue weighted by atomic mass is 35.5. The summed E-state index contributed by atoms with van der Waals surface area (Å²) in [6, 6.07) is 7.57. The highest BCUT2D eigenvalue weighted by Gasteiger charge is 2.05. The van der Waals surface area contributed by atoms with Crippen molar-refractivity contribution >= 4 is 22.6 Å². The van der Waals surface area contributed by atoms with Gasteiger partial charge in [-0.25, -0.2) is 4.98 Å². The van der Waals surface area contributed by atoms with E-state index in [1.807, 2.05) is 37.5 Å². The van der Waals surface area contributed by atoms with Crippen LogP contribution in [0.5, 0.6) is 0 Å². The molecule has 0 fully saturated rings. The Balaban J connectivity index is 2.22. The van der Waals surface area contributed by atoms with Gasteiger partial charge in [0, 0.05) is 29.7 Å². The molecule has 0 atom stereocenters. The van der Waals surface area contributed by atoms with Crippen molar-refractivity contribution in [1.82, 2.24) is 15.0 Å². The summed E-state index contributed by atoms with van der Waals surface area (Å²) in [6.07, 6.45) is 5.45. The van der Waals surface area contributed by atoms with Gasteiger partial charge >= 0.3 is 0 Å². The molecule has 3 aromatic rings. The van der Waals surface area contributed by atoms with E-state index in [4.69, 9.17) is 11.6 Å². The van der Waals surface area contributed by atoms with Crippen LogP contribution in [0.1, 0.15) is 5.56 Å². The molecule has 0 aliphatic heterocycles. The molecule has 0 amide bonds. The minimum atomic E-state index is 0.476. The SMILES string of the molecule is Cc1ccncc1-c1cnc2ccc(Cl)nc2c1. The van der Waals surface area contributed by atoms with Gasteiger partial charge in [-0.2, -0.15) is 0 Å². The standard InChI is InChI=1S/C14H10ClN3/c1-9-4-5-16-8-11(9)10-6-13-12(17-7-10)2-3-14(15)18-13/h2-8H,1H3. The molecule has 3 rings (SSSR count). The number of pyridine rings is 3. The average molecular weight is 256 g/mol. The molecule has 4 heteroatoms. The number of aryl methyl sites for hydroxylation is 1. The van der Waals surface area contributed by atoms with Crippen molar-refractivity contribution in [1.29, 1.82) is 0 Å². The van der Waals surface area contributed by atoms with Crippen LogP contribution in [0, 0.1) is 6.92 Å². The molecule has 0 spiro atoms. The third kappa shape index (κ3) is 1.93. The van der Waals surface area contributed by atoms with Crippen LogP contribution in [0.4, 0.5) is 0 Å². The zero-order chi connectivity index (χ0) is 12.5. The van der Waals surface area contributed by atoms with Gasteiger partial charge in [0.2, 0.25) is 0 Å².